The first-order chi connectivity index (χ1) is 5.20. The van der Waals surface area contributed by atoms with Gasteiger partial charge in [-0.25, -0.2) is 0 Å². The summed E-state index contributed by atoms with van der Waals surface area (Å²) in [5, 5.41) is 17.3. The number of aromatic hydroxyl groups is 2. The van der Waals surface area contributed by atoms with Crippen molar-refractivity contribution in [2.24, 2.45) is 0 Å². The van der Waals surface area contributed by atoms with Gasteiger partial charge in [-0.3, -0.25) is 0 Å². The second kappa shape index (κ2) is 5.29. The molecule has 11 heavy (non-hydrogen) atoms. The van der Waals surface area contributed by atoms with Crippen LogP contribution in [0.4, 0.5) is 0 Å². The van der Waals surface area contributed by atoms with Crippen molar-refractivity contribution in [1.82, 2.24) is 0 Å². The van der Waals surface area contributed by atoms with Crippen LogP contribution >= 0.6 is 0 Å². The van der Waals surface area contributed by atoms with Gasteiger partial charge in [0.15, 0.2) is 0 Å². The number of aldehydes is 1. The second-order valence-electron chi connectivity index (χ2n) is 1.76. The molecule has 2 N–H and O–H groups in total. The molecule has 0 saturated carbocycles. The fourth-order valence-corrected chi connectivity index (χ4v) is 0.493. The normalized spacial score (nSPS) is 7.73. The summed E-state index contributed by atoms with van der Waals surface area (Å²) in [6.07, 6.45) is 0.750. The molecule has 0 unspecified atom stereocenters. The highest BCUT2D eigenvalue weighted by Gasteiger charge is 1.85. The number of carbonyl (C=O) groups excluding carboxylic acids is 1. The van der Waals surface area contributed by atoms with Crippen LogP contribution in [0.15, 0.2) is 24.3 Å². The average Bonchev–Trinajstić information content (AvgIpc) is 1.88. The van der Waals surface area contributed by atoms with Crippen LogP contribution in [-0.2, 0) is 4.79 Å². The fourth-order valence-electron chi connectivity index (χ4n) is 0.493. The van der Waals surface area contributed by atoms with Crippen LogP contribution in [0.3, 0.4) is 0 Å². The lowest BCUT2D eigenvalue weighted by atomic mass is 10.3. The minimum Gasteiger partial charge on any atom is -0.508 e. The first-order valence-electron chi connectivity index (χ1n) is 3.08. The molecule has 0 fully saturated rings. The van der Waals surface area contributed by atoms with E-state index in [1.165, 1.54) is 25.1 Å². The van der Waals surface area contributed by atoms with E-state index >= 15 is 0 Å². The Labute approximate surface area is 64.9 Å². The van der Waals surface area contributed by atoms with E-state index in [-0.39, 0.29) is 11.5 Å². The van der Waals surface area contributed by atoms with E-state index < -0.39 is 0 Å². The topological polar surface area (TPSA) is 57.5 Å². The Balaban J connectivity index is 0.000000292. The van der Waals surface area contributed by atoms with Crippen molar-refractivity contribution in [2.75, 3.05) is 0 Å². The maximum atomic E-state index is 8.81. The molecule has 1 aromatic carbocycles. The molecule has 0 radical (unpaired) electrons. The Morgan fingerprint density at radius 2 is 1.64 bits per heavy atom. The number of hydrogen-bond donors (Lipinski definition) is 2. The minimum absolute atomic E-state index is 0.0880. The molecule has 0 spiro atoms. The predicted octanol–water partition coefficient (Wildman–Crippen LogP) is 1.30. The van der Waals surface area contributed by atoms with Crippen LogP contribution in [0.1, 0.15) is 6.92 Å². The number of phenolic OH excluding ortho intramolecular Hbond substituents is 2. The lowest BCUT2D eigenvalue weighted by molar-refractivity contribution is -0.106. The lowest BCUT2D eigenvalue weighted by Gasteiger charge is -1.89. The molecule has 0 aliphatic carbocycles. The minimum atomic E-state index is 0.0880. The van der Waals surface area contributed by atoms with Gasteiger partial charge in [0.25, 0.3) is 0 Å². The van der Waals surface area contributed by atoms with Crippen LogP contribution in [0, 0.1) is 0 Å². The van der Waals surface area contributed by atoms with Crippen LogP contribution in [0.5, 0.6) is 11.5 Å². The summed E-state index contributed by atoms with van der Waals surface area (Å²) >= 11 is 0. The van der Waals surface area contributed by atoms with Gasteiger partial charge < -0.3 is 15.0 Å². The summed E-state index contributed by atoms with van der Waals surface area (Å²) in [6.45, 7) is 1.44. The Hall–Kier alpha value is -1.51. The van der Waals surface area contributed by atoms with Gasteiger partial charge in [0.1, 0.15) is 17.8 Å². The monoisotopic (exact) mass is 154 g/mol. The summed E-state index contributed by atoms with van der Waals surface area (Å²) in [4.78, 5) is 8.81. The van der Waals surface area contributed by atoms with Crippen molar-refractivity contribution >= 4 is 6.29 Å². The SMILES string of the molecule is CC=O.Oc1cccc(O)c1. The van der Waals surface area contributed by atoms with E-state index in [4.69, 9.17) is 15.0 Å². The molecule has 0 aliphatic heterocycles. The van der Waals surface area contributed by atoms with Crippen molar-refractivity contribution in [3.63, 3.8) is 0 Å². The van der Waals surface area contributed by atoms with Gasteiger partial charge in [0.05, 0.1) is 0 Å². The van der Waals surface area contributed by atoms with Crippen molar-refractivity contribution < 1.29 is 15.0 Å². The first-order valence-corrected chi connectivity index (χ1v) is 3.08. The van der Waals surface area contributed by atoms with E-state index in [1.54, 1.807) is 6.07 Å². The Morgan fingerprint density at radius 1 is 1.27 bits per heavy atom. The van der Waals surface area contributed by atoms with Crippen LogP contribution in [-0.4, -0.2) is 16.5 Å². The number of rotatable bonds is 0. The van der Waals surface area contributed by atoms with E-state index in [0.29, 0.717) is 0 Å². The molecule has 0 aromatic heterocycles. The molecular weight excluding hydrogens is 144 g/mol. The van der Waals surface area contributed by atoms with Gasteiger partial charge in [-0.15, -0.1) is 0 Å². The maximum absolute atomic E-state index is 8.81. The van der Waals surface area contributed by atoms with Crippen LogP contribution < -0.4 is 0 Å². The summed E-state index contributed by atoms with van der Waals surface area (Å²) in [7, 11) is 0. The molecule has 1 rings (SSSR count). The Bertz CT molecular complexity index is 203. The van der Waals surface area contributed by atoms with Gasteiger partial charge in [0, 0.05) is 6.07 Å². The quantitative estimate of drug-likeness (QED) is 0.554. The lowest BCUT2D eigenvalue weighted by Crippen LogP contribution is -1.61. The molecule has 0 atom stereocenters. The highest BCUT2D eigenvalue weighted by molar-refractivity contribution is 5.44. The van der Waals surface area contributed by atoms with Gasteiger partial charge in [-0.05, 0) is 19.1 Å². The Kier molecular flexibility index (Phi) is 4.56. The zero-order valence-corrected chi connectivity index (χ0v) is 6.19. The average molecular weight is 154 g/mol. The number of phenols is 2. The third-order valence-corrected chi connectivity index (χ3v) is 0.830. The van der Waals surface area contributed by atoms with Crippen molar-refractivity contribution in [3.8, 4) is 11.5 Å². The molecule has 0 aliphatic rings. The fraction of sp³-hybridized carbons (Fsp3) is 0.125. The maximum Gasteiger partial charge on any atom is 0.119 e. The molecular formula is C8H10O3. The molecule has 1 aromatic rings. The summed E-state index contributed by atoms with van der Waals surface area (Å²) in [6, 6.07) is 5.85. The largest absolute Gasteiger partial charge is 0.508 e. The van der Waals surface area contributed by atoms with Gasteiger partial charge in [-0.1, -0.05) is 6.07 Å². The molecule has 0 bridgehead atoms. The highest BCUT2D eigenvalue weighted by atomic mass is 16.3. The van der Waals surface area contributed by atoms with Gasteiger partial charge in [-0.2, -0.15) is 0 Å². The van der Waals surface area contributed by atoms with Crippen molar-refractivity contribution in [2.45, 2.75) is 6.92 Å². The number of carbonyl (C=O) groups is 1. The summed E-state index contributed by atoms with van der Waals surface area (Å²) in [5.41, 5.74) is 0. The summed E-state index contributed by atoms with van der Waals surface area (Å²) in [5.74, 6) is 0.176. The number of benzene rings is 1. The summed E-state index contributed by atoms with van der Waals surface area (Å²) < 4.78 is 0. The van der Waals surface area contributed by atoms with Gasteiger partial charge >= 0.3 is 0 Å². The predicted molar refractivity (Wildman–Crippen MR) is 41.5 cm³/mol. The second-order valence-corrected chi connectivity index (χ2v) is 1.76. The third-order valence-electron chi connectivity index (χ3n) is 0.830. The standard InChI is InChI=1S/C6H6O2.C2H4O/c7-5-2-1-3-6(8)4-5;1-2-3/h1-4,7-8H;2H,1H3. The van der Waals surface area contributed by atoms with E-state index in [9.17, 15) is 0 Å². The smallest absolute Gasteiger partial charge is 0.119 e. The zero-order valence-electron chi connectivity index (χ0n) is 6.19. The first kappa shape index (κ1) is 9.49. The molecule has 0 heterocycles. The molecule has 0 saturated heterocycles. The van der Waals surface area contributed by atoms with Gasteiger partial charge in [0.2, 0.25) is 0 Å². The highest BCUT2D eigenvalue weighted by Crippen LogP contribution is 2.14. The van der Waals surface area contributed by atoms with E-state index in [0.717, 1.165) is 6.29 Å². The van der Waals surface area contributed by atoms with Crippen LogP contribution in [0.25, 0.3) is 0 Å². The zero-order chi connectivity index (χ0) is 8.69. The molecule has 3 nitrogen and oxygen atoms in total. The third kappa shape index (κ3) is 4.96. The molecule has 0 amide bonds. The van der Waals surface area contributed by atoms with E-state index in [1.807, 2.05) is 0 Å². The van der Waals surface area contributed by atoms with Crippen molar-refractivity contribution in [1.29, 1.82) is 0 Å². The Morgan fingerprint density at radius 3 is 1.82 bits per heavy atom. The molecule has 3 heteroatoms. The van der Waals surface area contributed by atoms with E-state index in [2.05, 4.69) is 0 Å². The van der Waals surface area contributed by atoms with Crippen molar-refractivity contribution in [3.05, 3.63) is 24.3 Å². The molecule has 60 valence electrons. The number of hydrogen-bond acceptors (Lipinski definition) is 3. The van der Waals surface area contributed by atoms with Crippen LogP contribution in [0.2, 0.25) is 0 Å².